The lowest BCUT2D eigenvalue weighted by Gasteiger charge is -2.23. The van der Waals surface area contributed by atoms with Gasteiger partial charge in [0.05, 0.1) is 29.6 Å². The van der Waals surface area contributed by atoms with Crippen molar-refractivity contribution in [2.75, 3.05) is 6.61 Å². The highest BCUT2D eigenvalue weighted by Crippen LogP contribution is 2.20. The van der Waals surface area contributed by atoms with Crippen molar-refractivity contribution in [2.24, 2.45) is 0 Å². The van der Waals surface area contributed by atoms with Crippen molar-refractivity contribution < 1.29 is 4.74 Å². The molecule has 0 aromatic heterocycles. The quantitative estimate of drug-likeness (QED) is 0.428. The largest absolute Gasteiger partial charge is 0.373 e. The fourth-order valence-electron chi connectivity index (χ4n) is 2.64. The average molecular weight is 293 g/mol. The number of hydrogen-bond donors (Lipinski definition) is 0. The fraction of sp³-hybridized carbons (Fsp3) is 0.625. The molecule has 1 saturated heterocycles. The summed E-state index contributed by atoms with van der Waals surface area (Å²) in [6.45, 7) is 10.8. The Bertz CT molecular complexity index is 394. The SMILES string of the molecule is C[SiH](C)c1ccc([Si](C)(C)CCCCC2CO2)cc1. The first-order chi connectivity index (χ1) is 8.99. The second-order valence-electron chi connectivity index (χ2n) is 6.86. The molecular weight excluding hydrogens is 264 g/mol. The van der Waals surface area contributed by atoms with E-state index in [9.17, 15) is 0 Å². The van der Waals surface area contributed by atoms with Crippen molar-refractivity contribution in [3.63, 3.8) is 0 Å². The van der Waals surface area contributed by atoms with Crippen LogP contribution in [0.1, 0.15) is 19.3 Å². The van der Waals surface area contributed by atoms with Crippen LogP contribution in [0.15, 0.2) is 24.3 Å². The Hall–Kier alpha value is -0.386. The van der Waals surface area contributed by atoms with Crippen molar-refractivity contribution in [1.29, 1.82) is 0 Å². The van der Waals surface area contributed by atoms with Gasteiger partial charge in [-0.3, -0.25) is 0 Å². The predicted octanol–water partition coefficient (Wildman–Crippen LogP) is 2.86. The van der Waals surface area contributed by atoms with Gasteiger partial charge in [-0.1, -0.05) is 79.7 Å². The van der Waals surface area contributed by atoms with Crippen LogP contribution in [0.3, 0.4) is 0 Å². The van der Waals surface area contributed by atoms with Gasteiger partial charge in [0.15, 0.2) is 0 Å². The van der Waals surface area contributed by atoms with Gasteiger partial charge in [-0.25, -0.2) is 0 Å². The topological polar surface area (TPSA) is 12.5 Å². The van der Waals surface area contributed by atoms with Crippen LogP contribution in [-0.4, -0.2) is 29.6 Å². The Labute approximate surface area is 121 Å². The molecule has 1 aromatic rings. The van der Waals surface area contributed by atoms with E-state index in [-0.39, 0.29) is 0 Å². The zero-order valence-corrected chi connectivity index (χ0v) is 15.1. The molecule has 1 atom stereocenters. The minimum Gasteiger partial charge on any atom is -0.373 e. The van der Waals surface area contributed by atoms with Gasteiger partial charge in [-0.05, 0) is 6.42 Å². The van der Waals surface area contributed by atoms with E-state index in [0.717, 1.165) is 6.61 Å². The Morgan fingerprint density at radius 2 is 1.79 bits per heavy atom. The summed E-state index contributed by atoms with van der Waals surface area (Å²) >= 11 is 0. The molecule has 1 unspecified atom stereocenters. The molecule has 19 heavy (non-hydrogen) atoms. The molecule has 0 bridgehead atoms. The van der Waals surface area contributed by atoms with Crippen LogP contribution in [0.2, 0.25) is 32.2 Å². The van der Waals surface area contributed by atoms with Crippen molar-refractivity contribution in [2.45, 2.75) is 57.6 Å². The van der Waals surface area contributed by atoms with Gasteiger partial charge in [0.1, 0.15) is 0 Å². The van der Waals surface area contributed by atoms with Gasteiger partial charge in [-0.15, -0.1) is 0 Å². The average Bonchev–Trinajstić information content (AvgIpc) is 3.19. The number of ether oxygens (including phenoxy) is 1. The monoisotopic (exact) mass is 292 g/mol. The van der Waals surface area contributed by atoms with Crippen LogP contribution < -0.4 is 10.4 Å². The second kappa shape index (κ2) is 6.38. The molecule has 1 aliphatic heterocycles. The third-order valence-corrected chi connectivity index (χ3v) is 9.56. The van der Waals surface area contributed by atoms with E-state index >= 15 is 0 Å². The summed E-state index contributed by atoms with van der Waals surface area (Å²) in [4.78, 5) is 0. The van der Waals surface area contributed by atoms with E-state index in [1.165, 1.54) is 25.3 Å². The molecular formula is C16H28OSi2. The molecule has 0 N–H and O–H groups in total. The number of benzene rings is 1. The highest BCUT2D eigenvalue weighted by molar-refractivity contribution is 6.89. The Morgan fingerprint density at radius 3 is 2.32 bits per heavy atom. The van der Waals surface area contributed by atoms with E-state index in [1.807, 2.05) is 0 Å². The zero-order chi connectivity index (χ0) is 13.9. The standard InChI is InChI=1S/C16H28OSi2/c1-18(2)15-8-10-16(11-9-15)19(3,4)12-6-5-7-14-13-17-14/h8-11,14,18H,5-7,12-13H2,1-4H3. The van der Waals surface area contributed by atoms with E-state index in [1.54, 1.807) is 10.4 Å². The van der Waals surface area contributed by atoms with Gasteiger partial charge < -0.3 is 4.74 Å². The number of unbranched alkanes of at least 4 members (excludes halogenated alkanes) is 1. The number of hydrogen-bond acceptors (Lipinski definition) is 1. The van der Waals surface area contributed by atoms with Crippen LogP contribution in [0.25, 0.3) is 0 Å². The lowest BCUT2D eigenvalue weighted by atomic mass is 10.2. The minimum atomic E-state index is -1.21. The third kappa shape index (κ3) is 4.58. The molecule has 0 radical (unpaired) electrons. The smallest absolute Gasteiger partial charge is 0.0810 e. The van der Waals surface area contributed by atoms with Crippen LogP contribution in [0.4, 0.5) is 0 Å². The normalized spacial score (nSPS) is 18.9. The van der Waals surface area contributed by atoms with E-state index < -0.39 is 16.9 Å². The van der Waals surface area contributed by atoms with Gasteiger partial charge in [-0.2, -0.15) is 0 Å². The second-order valence-corrected chi connectivity index (χ2v) is 14.7. The summed E-state index contributed by atoms with van der Waals surface area (Å²) in [5.41, 5.74) is 0. The molecule has 3 heteroatoms. The van der Waals surface area contributed by atoms with Crippen LogP contribution in [-0.2, 0) is 4.74 Å². The molecule has 1 fully saturated rings. The highest BCUT2D eigenvalue weighted by Gasteiger charge is 2.25. The molecule has 0 amide bonds. The molecule has 1 heterocycles. The van der Waals surface area contributed by atoms with Crippen LogP contribution in [0, 0.1) is 0 Å². The molecule has 1 aliphatic rings. The van der Waals surface area contributed by atoms with E-state index in [2.05, 4.69) is 50.5 Å². The summed E-state index contributed by atoms with van der Waals surface area (Å²) in [6.07, 6.45) is 4.61. The first kappa shape index (κ1) is 15.0. The molecule has 106 valence electrons. The third-order valence-electron chi connectivity index (χ3n) is 4.34. The lowest BCUT2D eigenvalue weighted by molar-refractivity contribution is 0.391. The molecule has 0 aliphatic carbocycles. The predicted molar refractivity (Wildman–Crippen MR) is 90.5 cm³/mol. The summed E-state index contributed by atoms with van der Waals surface area (Å²) < 4.78 is 5.28. The maximum absolute atomic E-state index is 5.28. The summed E-state index contributed by atoms with van der Waals surface area (Å²) in [7, 11) is -1.85. The van der Waals surface area contributed by atoms with Crippen molar-refractivity contribution in [3.05, 3.63) is 24.3 Å². The highest BCUT2D eigenvalue weighted by atomic mass is 28.3. The van der Waals surface area contributed by atoms with Gasteiger partial charge in [0, 0.05) is 0 Å². The van der Waals surface area contributed by atoms with Crippen molar-refractivity contribution in [1.82, 2.24) is 0 Å². The summed E-state index contributed by atoms with van der Waals surface area (Å²) in [5.74, 6) is 0. The maximum Gasteiger partial charge on any atom is 0.0810 e. The van der Waals surface area contributed by atoms with E-state index in [4.69, 9.17) is 4.74 Å². The number of rotatable bonds is 7. The molecule has 1 nitrogen and oxygen atoms in total. The van der Waals surface area contributed by atoms with Crippen molar-refractivity contribution >= 4 is 27.2 Å². The Balaban J connectivity index is 1.85. The molecule has 0 saturated carbocycles. The minimum absolute atomic E-state index is 0.611. The van der Waals surface area contributed by atoms with E-state index in [0.29, 0.717) is 6.10 Å². The Morgan fingerprint density at radius 1 is 1.16 bits per heavy atom. The molecule has 2 rings (SSSR count). The van der Waals surface area contributed by atoms with Crippen molar-refractivity contribution in [3.8, 4) is 0 Å². The number of epoxide rings is 1. The first-order valence-electron chi connectivity index (χ1n) is 7.71. The van der Waals surface area contributed by atoms with Gasteiger partial charge in [0.2, 0.25) is 0 Å². The lowest BCUT2D eigenvalue weighted by Crippen LogP contribution is -2.42. The molecule has 0 spiro atoms. The van der Waals surface area contributed by atoms with Crippen LogP contribution in [0.5, 0.6) is 0 Å². The summed E-state index contributed by atoms with van der Waals surface area (Å²) in [6, 6.07) is 11.0. The zero-order valence-electron chi connectivity index (χ0n) is 12.9. The van der Waals surface area contributed by atoms with Crippen LogP contribution >= 0.6 is 0 Å². The Kier molecular flexibility index (Phi) is 5.04. The first-order valence-corrected chi connectivity index (χ1v) is 13.8. The maximum atomic E-state index is 5.28. The van der Waals surface area contributed by atoms with Gasteiger partial charge >= 0.3 is 0 Å². The fourth-order valence-corrected chi connectivity index (χ4v) is 6.09. The molecule has 1 aromatic carbocycles. The summed E-state index contributed by atoms with van der Waals surface area (Å²) in [5, 5.41) is 3.23. The van der Waals surface area contributed by atoms with Gasteiger partial charge in [0.25, 0.3) is 0 Å².